The molecule has 1 unspecified atom stereocenters. The van der Waals surface area contributed by atoms with Gasteiger partial charge in [0.15, 0.2) is 5.78 Å². The van der Waals surface area contributed by atoms with Crippen LogP contribution in [0.25, 0.3) is 0 Å². The van der Waals surface area contributed by atoms with Gasteiger partial charge in [0.05, 0.1) is 12.7 Å². The molecule has 0 N–H and O–H groups in total. The van der Waals surface area contributed by atoms with Crippen molar-refractivity contribution in [2.24, 2.45) is 11.8 Å². The highest BCUT2D eigenvalue weighted by molar-refractivity contribution is 6.00. The van der Waals surface area contributed by atoms with E-state index in [2.05, 4.69) is 4.74 Å². The van der Waals surface area contributed by atoms with Gasteiger partial charge in [-0.05, 0) is 17.9 Å². The third-order valence-electron chi connectivity index (χ3n) is 3.57. The van der Waals surface area contributed by atoms with E-state index in [1.54, 1.807) is 0 Å². The van der Waals surface area contributed by atoms with Crippen LogP contribution < -0.4 is 5.63 Å². The standard InChI is InChI=1S/C14H16O5/c1-7(2)8-4-11(15)9-6-10(13(16)18-3)14(17)19-12(9)5-8/h6-8H,4-5H2,1-3H3. The van der Waals surface area contributed by atoms with Gasteiger partial charge in [-0.3, -0.25) is 4.79 Å². The molecule has 0 saturated carbocycles. The normalized spacial score (nSPS) is 18.3. The number of hydrogen-bond acceptors (Lipinski definition) is 5. The van der Waals surface area contributed by atoms with Crippen LogP contribution in [0.4, 0.5) is 0 Å². The fourth-order valence-corrected chi connectivity index (χ4v) is 2.28. The van der Waals surface area contributed by atoms with Crippen LogP contribution in [0.15, 0.2) is 15.3 Å². The van der Waals surface area contributed by atoms with Gasteiger partial charge in [0, 0.05) is 12.8 Å². The lowest BCUT2D eigenvalue weighted by atomic mass is 9.80. The van der Waals surface area contributed by atoms with E-state index in [1.165, 1.54) is 13.2 Å². The van der Waals surface area contributed by atoms with Crippen LogP contribution >= 0.6 is 0 Å². The first-order valence-electron chi connectivity index (χ1n) is 6.22. The van der Waals surface area contributed by atoms with Crippen molar-refractivity contribution in [2.45, 2.75) is 26.7 Å². The summed E-state index contributed by atoms with van der Waals surface area (Å²) in [6.07, 6.45) is 0.967. The summed E-state index contributed by atoms with van der Waals surface area (Å²) in [5.41, 5.74) is -0.641. The molecule has 19 heavy (non-hydrogen) atoms. The molecule has 0 spiro atoms. The largest absolute Gasteiger partial charge is 0.465 e. The molecule has 5 heteroatoms. The molecule has 2 rings (SSSR count). The topological polar surface area (TPSA) is 73.6 Å². The summed E-state index contributed by atoms with van der Waals surface area (Å²) in [7, 11) is 1.18. The quantitative estimate of drug-likeness (QED) is 0.762. The minimum Gasteiger partial charge on any atom is -0.465 e. The number of methoxy groups -OCH3 is 1. The second-order valence-electron chi connectivity index (χ2n) is 5.11. The first kappa shape index (κ1) is 13.5. The van der Waals surface area contributed by atoms with Crippen LogP contribution in [0.2, 0.25) is 0 Å². The Morgan fingerprint density at radius 2 is 2.05 bits per heavy atom. The third kappa shape index (κ3) is 2.45. The second-order valence-corrected chi connectivity index (χ2v) is 5.11. The number of carbonyl (C=O) groups excluding carboxylic acids is 2. The van der Waals surface area contributed by atoms with E-state index in [9.17, 15) is 14.4 Å². The molecule has 0 amide bonds. The highest BCUT2D eigenvalue weighted by atomic mass is 16.5. The maximum Gasteiger partial charge on any atom is 0.350 e. The molecule has 1 aliphatic carbocycles. The summed E-state index contributed by atoms with van der Waals surface area (Å²) in [6, 6.07) is 1.30. The molecule has 0 aromatic carbocycles. The van der Waals surface area contributed by atoms with Gasteiger partial charge in [0.25, 0.3) is 0 Å². The molecule has 0 fully saturated rings. The Morgan fingerprint density at radius 1 is 1.37 bits per heavy atom. The molecule has 1 aliphatic rings. The molecule has 0 radical (unpaired) electrons. The Balaban J connectivity index is 2.48. The molecule has 1 atom stereocenters. The first-order chi connectivity index (χ1) is 8.93. The van der Waals surface area contributed by atoms with Crippen LogP contribution in [0.3, 0.4) is 0 Å². The van der Waals surface area contributed by atoms with Crippen molar-refractivity contribution in [3.05, 3.63) is 33.4 Å². The van der Waals surface area contributed by atoms with Gasteiger partial charge in [0.1, 0.15) is 11.3 Å². The van der Waals surface area contributed by atoms with Crippen LogP contribution in [0.5, 0.6) is 0 Å². The molecule has 1 heterocycles. The Morgan fingerprint density at radius 3 is 2.63 bits per heavy atom. The minimum atomic E-state index is -0.782. The Labute approximate surface area is 110 Å². The molecule has 0 saturated heterocycles. The maximum atomic E-state index is 12.1. The molecular formula is C14H16O5. The number of fused-ring (bicyclic) bond motifs is 1. The predicted molar refractivity (Wildman–Crippen MR) is 67.3 cm³/mol. The maximum absolute atomic E-state index is 12.1. The Hall–Kier alpha value is -1.91. The first-order valence-corrected chi connectivity index (χ1v) is 6.22. The fourth-order valence-electron chi connectivity index (χ4n) is 2.28. The highest BCUT2D eigenvalue weighted by Gasteiger charge is 2.31. The van der Waals surface area contributed by atoms with E-state index < -0.39 is 11.6 Å². The lowest BCUT2D eigenvalue weighted by Crippen LogP contribution is -2.27. The summed E-state index contributed by atoms with van der Waals surface area (Å²) >= 11 is 0. The van der Waals surface area contributed by atoms with Gasteiger partial charge in [0.2, 0.25) is 0 Å². The average Bonchev–Trinajstić information content (AvgIpc) is 2.36. The summed E-state index contributed by atoms with van der Waals surface area (Å²) in [6.45, 7) is 4.06. The number of esters is 1. The monoisotopic (exact) mass is 264 g/mol. The van der Waals surface area contributed by atoms with Crippen LogP contribution in [0, 0.1) is 11.8 Å². The van der Waals surface area contributed by atoms with E-state index in [0.717, 1.165) is 0 Å². The summed E-state index contributed by atoms with van der Waals surface area (Å²) < 4.78 is 9.62. The highest BCUT2D eigenvalue weighted by Crippen LogP contribution is 2.29. The van der Waals surface area contributed by atoms with E-state index in [0.29, 0.717) is 30.1 Å². The van der Waals surface area contributed by atoms with Gasteiger partial charge in [-0.25, -0.2) is 9.59 Å². The number of rotatable bonds is 2. The van der Waals surface area contributed by atoms with Crippen molar-refractivity contribution in [3.8, 4) is 0 Å². The molecule has 1 aromatic rings. The average molecular weight is 264 g/mol. The van der Waals surface area contributed by atoms with E-state index in [-0.39, 0.29) is 17.3 Å². The Bertz CT molecular complexity index is 582. The van der Waals surface area contributed by atoms with Crippen LogP contribution in [-0.4, -0.2) is 18.9 Å². The van der Waals surface area contributed by atoms with Gasteiger partial charge in [-0.1, -0.05) is 13.8 Å². The summed E-state index contributed by atoms with van der Waals surface area (Å²) in [5, 5.41) is 0. The van der Waals surface area contributed by atoms with E-state index >= 15 is 0 Å². The zero-order chi connectivity index (χ0) is 14.2. The number of ether oxygens (including phenoxy) is 1. The number of hydrogen-bond donors (Lipinski definition) is 0. The number of carbonyl (C=O) groups is 2. The molecule has 5 nitrogen and oxygen atoms in total. The minimum absolute atomic E-state index is 0.0890. The lowest BCUT2D eigenvalue weighted by Gasteiger charge is -2.25. The van der Waals surface area contributed by atoms with Crippen molar-refractivity contribution in [3.63, 3.8) is 0 Å². The van der Waals surface area contributed by atoms with Gasteiger partial charge < -0.3 is 9.15 Å². The smallest absolute Gasteiger partial charge is 0.350 e. The van der Waals surface area contributed by atoms with Crippen molar-refractivity contribution >= 4 is 11.8 Å². The van der Waals surface area contributed by atoms with Crippen LogP contribution in [0.1, 0.15) is 46.7 Å². The van der Waals surface area contributed by atoms with E-state index in [4.69, 9.17) is 4.42 Å². The number of ketones is 1. The second kappa shape index (κ2) is 4.99. The third-order valence-corrected chi connectivity index (χ3v) is 3.57. The SMILES string of the molecule is COC(=O)c1cc2c(oc1=O)CC(C(C)C)CC2=O. The molecule has 0 aliphatic heterocycles. The Kier molecular flexibility index (Phi) is 3.55. The predicted octanol–water partition coefficient (Wildman–Crippen LogP) is 1.83. The molecule has 0 bridgehead atoms. The summed E-state index contributed by atoms with van der Waals surface area (Å²) in [4.78, 5) is 35.2. The van der Waals surface area contributed by atoms with Gasteiger partial charge in [-0.15, -0.1) is 0 Å². The van der Waals surface area contributed by atoms with Crippen molar-refractivity contribution in [2.75, 3.05) is 7.11 Å². The molecular weight excluding hydrogens is 248 g/mol. The lowest BCUT2D eigenvalue weighted by molar-refractivity contribution is 0.0595. The van der Waals surface area contributed by atoms with Crippen LogP contribution in [-0.2, 0) is 11.2 Å². The van der Waals surface area contributed by atoms with E-state index in [1.807, 2.05) is 13.8 Å². The zero-order valence-corrected chi connectivity index (χ0v) is 11.2. The van der Waals surface area contributed by atoms with Crippen molar-refractivity contribution < 1.29 is 18.7 Å². The molecule has 102 valence electrons. The van der Waals surface area contributed by atoms with Crippen molar-refractivity contribution in [1.82, 2.24) is 0 Å². The van der Waals surface area contributed by atoms with Crippen molar-refractivity contribution in [1.29, 1.82) is 0 Å². The number of Topliss-reactive ketones (excluding diaryl/α,β-unsaturated/α-hetero) is 1. The fraction of sp³-hybridized carbons (Fsp3) is 0.500. The zero-order valence-electron chi connectivity index (χ0n) is 11.2. The van der Waals surface area contributed by atoms with Gasteiger partial charge in [-0.2, -0.15) is 0 Å². The van der Waals surface area contributed by atoms with Gasteiger partial charge >= 0.3 is 11.6 Å². The summed E-state index contributed by atoms with van der Waals surface area (Å²) in [5.74, 6) is 0.0200. The molecule has 1 aromatic heterocycles.